The lowest BCUT2D eigenvalue weighted by atomic mass is 10.1. The number of para-hydroxylation sites is 1. The molecule has 1 heterocycles. The first-order valence-electron chi connectivity index (χ1n) is 8.45. The Morgan fingerprint density at radius 2 is 1.85 bits per heavy atom. The van der Waals surface area contributed by atoms with Crippen LogP contribution in [0.5, 0.6) is 0 Å². The highest BCUT2D eigenvalue weighted by molar-refractivity contribution is 7.22. The Balaban J connectivity index is 1.76. The van der Waals surface area contributed by atoms with Crippen molar-refractivity contribution in [2.75, 3.05) is 30.9 Å². The minimum atomic E-state index is -0.489. The van der Waals surface area contributed by atoms with E-state index in [4.69, 9.17) is 4.74 Å². The van der Waals surface area contributed by atoms with Crippen LogP contribution in [0.25, 0.3) is 10.2 Å². The molecular formula is C20H21N3O3S. The molecule has 3 aromatic rings. The van der Waals surface area contributed by atoms with Gasteiger partial charge in [-0.2, -0.15) is 0 Å². The van der Waals surface area contributed by atoms with E-state index in [1.54, 1.807) is 40.5 Å². The molecule has 0 saturated heterocycles. The number of rotatable bonds is 5. The molecule has 1 amide bonds. The number of likely N-dealkylation sites (N-methyl/N-ethyl adjacent to an activating group) is 1. The Labute approximate surface area is 161 Å². The van der Waals surface area contributed by atoms with Crippen molar-refractivity contribution >= 4 is 44.2 Å². The number of carbonyl (C=O) groups is 2. The Morgan fingerprint density at radius 3 is 2.56 bits per heavy atom. The van der Waals surface area contributed by atoms with Crippen LogP contribution in [0, 0.1) is 13.8 Å². The van der Waals surface area contributed by atoms with E-state index in [-0.39, 0.29) is 12.5 Å². The fourth-order valence-corrected chi connectivity index (χ4v) is 3.84. The number of fused-ring (bicyclic) bond motifs is 1. The summed E-state index contributed by atoms with van der Waals surface area (Å²) in [5.41, 5.74) is 4.01. The van der Waals surface area contributed by atoms with Crippen molar-refractivity contribution in [3.63, 3.8) is 0 Å². The second-order valence-electron chi connectivity index (χ2n) is 6.31. The first-order chi connectivity index (χ1) is 12.9. The predicted octanol–water partition coefficient (Wildman–Crippen LogP) is 3.77. The summed E-state index contributed by atoms with van der Waals surface area (Å²) in [7, 11) is 3.14. The Kier molecular flexibility index (Phi) is 5.41. The third-order valence-corrected chi connectivity index (χ3v) is 5.55. The molecule has 0 bridgehead atoms. The highest BCUT2D eigenvalue weighted by atomic mass is 32.1. The van der Waals surface area contributed by atoms with Crippen molar-refractivity contribution in [1.82, 2.24) is 4.98 Å². The minimum Gasteiger partial charge on any atom is -0.465 e. The highest BCUT2D eigenvalue weighted by Crippen LogP contribution is 2.32. The average Bonchev–Trinajstić information content (AvgIpc) is 3.11. The maximum absolute atomic E-state index is 12.5. The van der Waals surface area contributed by atoms with Crippen molar-refractivity contribution in [3.05, 3.63) is 53.1 Å². The monoisotopic (exact) mass is 383 g/mol. The minimum absolute atomic E-state index is 0.118. The van der Waals surface area contributed by atoms with Crippen LogP contribution in [-0.2, 0) is 9.53 Å². The standard InChI is InChI=1S/C20H21N3O3S/c1-12-9-10-13(2)18-17(12)22-20(27-18)23(3)11-16(24)21-15-8-6-5-7-14(15)19(25)26-4/h5-10H,11H2,1-4H3,(H,21,24). The number of benzene rings is 2. The molecule has 0 unspecified atom stereocenters. The second kappa shape index (κ2) is 7.75. The number of anilines is 2. The molecule has 0 saturated carbocycles. The number of amides is 1. The van der Waals surface area contributed by atoms with Crippen LogP contribution >= 0.6 is 11.3 Å². The molecule has 27 heavy (non-hydrogen) atoms. The average molecular weight is 383 g/mol. The first-order valence-corrected chi connectivity index (χ1v) is 9.27. The van der Waals surface area contributed by atoms with E-state index in [0.717, 1.165) is 20.9 Å². The number of hydrogen-bond donors (Lipinski definition) is 1. The third-order valence-electron chi connectivity index (χ3n) is 4.24. The molecule has 2 aromatic carbocycles. The molecular weight excluding hydrogens is 362 g/mol. The van der Waals surface area contributed by atoms with Crippen molar-refractivity contribution in [2.24, 2.45) is 0 Å². The summed E-state index contributed by atoms with van der Waals surface area (Å²) in [6.07, 6.45) is 0. The third kappa shape index (κ3) is 3.93. The number of nitrogens with zero attached hydrogens (tertiary/aromatic N) is 2. The number of ether oxygens (including phenoxy) is 1. The van der Waals surface area contributed by atoms with Crippen LogP contribution in [0.2, 0.25) is 0 Å². The summed E-state index contributed by atoms with van der Waals surface area (Å²) in [6.45, 7) is 4.20. The van der Waals surface area contributed by atoms with E-state index in [2.05, 4.69) is 29.4 Å². The predicted molar refractivity (Wildman–Crippen MR) is 109 cm³/mol. The van der Waals surface area contributed by atoms with Crippen molar-refractivity contribution < 1.29 is 14.3 Å². The second-order valence-corrected chi connectivity index (χ2v) is 7.29. The number of esters is 1. The molecule has 0 radical (unpaired) electrons. The largest absolute Gasteiger partial charge is 0.465 e. The molecule has 6 nitrogen and oxygen atoms in total. The molecule has 1 aromatic heterocycles. The van der Waals surface area contributed by atoms with Gasteiger partial charge in [-0.25, -0.2) is 9.78 Å². The van der Waals surface area contributed by atoms with Gasteiger partial charge in [-0.15, -0.1) is 0 Å². The molecule has 0 fully saturated rings. The van der Waals surface area contributed by atoms with Crippen LogP contribution in [0.15, 0.2) is 36.4 Å². The fourth-order valence-electron chi connectivity index (χ4n) is 2.76. The molecule has 140 valence electrons. The van der Waals surface area contributed by atoms with Gasteiger partial charge >= 0.3 is 5.97 Å². The van der Waals surface area contributed by atoms with Gasteiger partial charge in [-0.1, -0.05) is 35.6 Å². The lowest BCUT2D eigenvalue weighted by Gasteiger charge is -2.16. The molecule has 1 N–H and O–H groups in total. The van der Waals surface area contributed by atoms with Gasteiger partial charge in [0.25, 0.3) is 0 Å². The quantitative estimate of drug-likeness (QED) is 0.679. The maximum Gasteiger partial charge on any atom is 0.339 e. The van der Waals surface area contributed by atoms with Gasteiger partial charge in [-0.05, 0) is 37.1 Å². The van der Waals surface area contributed by atoms with Crippen molar-refractivity contribution in [1.29, 1.82) is 0 Å². The number of methoxy groups -OCH3 is 1. The SMILES string of the molecule is COC(=O)c1ccccc1NC(=O)CN(C)c1nc2c(C)ccc(C)c2s1. The van der Waals surface area contributed by atoms with Gasteiger partial charge in [0.15, 0.2) is 5.13 Å². The first kappa shape index (κ1) is 18.8. The molecule has 0 aliphatic carbocycles. The van der Waals surface area contributed by atoms with Gasteiger partial charge in [-0.3, -0.25) is 4.79 Å². The molecule has 0 aliphatic heterocycles. The molecule has 0 aliphatic rings. The van der Waals surface area contributed by atoms with E-state index < -0.39 is 5.97 Å². The van der Waals surface area contributed by atoms with E-state index >= 15 is 0 Å². The zero-order valence-electron chi connectivity index (χ0n) is 15.7. The molecule has 7 heteroatoms. The number of nitrogens with one attached hydrogen (secondary N) is 1. The number of aryl methyl sites for hydroxylation is 2. The van der Waals surface area contributed by atoms with Crippen LogP contribution in [0.1, 0.15) is 21.5 Å². The lowest BCUT2D eigenvalue weighted by Crippen LogP contribution is -2.30. The van der Waals surface area contributed by atoms with Gasteiger partial charge in [0.2, 0.25) is 5.91 Å². The summed E-state index contributed by atoms with van der Waals surface area (Å²) in [4.78, 5) is 30.8. The van der Waals surface area contributed by atoms with E-state index in [9.17, 15) is 9.59 Å². The van der Waals surface area contributed by atoms with E-state index in [0.29, 0.717) is 11.3 Å². The summed E-state index contributed by atoms with van der Waals surface area (Å²) in [5, 5.41) is 3.56. The molecule has 0 atom stereocenters. The fraction of sp³-hybridized carbons (Fsp3) is 0.250. The molecule has 0 spiro atoms. The number of hydrogen-bond acceptors (Lipinski definition) is 6. The summed E-state index contributed by atoms with van der Waals surface area (Å²) < 4.78 is 5.89. The summed E-state index contributed by atoms with van der Waals surface area (Å²) in [5.74, 6) is -0.724. The van der Waals surface area contributed by atoms with Crippen molar-refractivity contribution in [3.8, 4) is 0 Å². The Hall–Kier alpha value is -2.93. The summed E-state index contributed by atoms with van der Waals surface area (Å²) >= 11 is 1.57. The maximum atomic E-state index is 12.5. The summed E-state index contributed by atoms with van der Waals surface area (Å²) in [6, 6.07) is 10.9. The van der Waals surface area contributed by atoms with Crippen LogP contribution in [-0.4, -0.2) is 37.6 Å². The smallest absolute Gasteiger partial charge is 0.339 e. The van der Waals surface area contributed by atoms with E-state index in [1.807, 2.05) is 14.0 Å². The Bertz CT molecular complexity index is 974. The molecule has 3 rings (SSSR count). The van der Waals surface area contributed by atoms with Gasteiger partial charge in [0, 0.05) is 7.05 Å². The van der Waals surface area contributed by atoms with E-state index in [1.165, 1.54) is 12.7 Å². The van der Waals surface area contributed by atoms with Crippen molar-refractivity contribution in [2.45, 2.75) is 13.8 Å². The normalized spacial score (nSPS) is 10.7. The zero-order valence-corrected chi connectivity index (χ0v) is 16.5. The van der Waals surface area contributed by atoms with Gasteiger partial charge in [0.1, 0.15) is 0 Å². The highest BCUT2D eigenvalue weighted by Gasteiger charge is 2.17. The van der Waals surface area contributed by atoms with Crippen LogP contribution in [0.3, 0.4) is 0 Å². The number of thiazole rings is 1. The number of carbonyl (C=O) groups excluding carboxylic acids is 2. The van der Waals surface area contributed by atoms with Crippen LogP contribution < -0.4 is 10.2 Å². The Morgan fingerprint density at radius 1 is 1.15 bits per heavy atom. The topological polar surface area (TPSA) is 71.5 Å². The zero-order chi connectivity index (χ0) is 19.6. The number of aromatic nitrogens is 1. The van der Waals surface area contributed by atoms with Gasteiger partial charge < -0.3 is 15.0 Å². The van der Waals surface area contributed by atoms with Crippen LogP contribution in [0.4, 0.5) is 10.8 Å². The lowest BCUT2D eigenvalue weighted by molar-refractivity contribution is -0.114. The van der Waals surface area contributed by atoms with Gasteiger partial charge in [0.05, 0.1) is 35.1 Å².